The van der Waals surface area contributed by atoms with E-state index in [0.29, 0.717) is 0 Å². The molecule has 0 spiro atoms. The lowest BCUT2D eigenvalue weighted by molar-refractivity contribution is -0.153. The molecule has 2 rings (SSSR count). The summed E-state index contributed by atoms with van der Waals surface area (Å²) in [6.45, 7) is 5.61. The zero-order chi connectivity index (χ0) is 12.5. The van der Waals surface area contributed by atoms with Crippen LogP contribution < -0.4 is 0 Å². The van der Waals surface area contributed by atoms with E-state index in [1.165, 1.54) is 10.4 Å². The van der Waals surface area contributed by atoms with Crippen LogP contribution in [0.1, 0.15) is 36.6 Å². The number of aryl methyl sites for hydroxylation is 1. The molecule has 0 radical (unpaired) electrons. The molecule has 1 aromatic heterocycles. The number of likely N-dealkylation sites (tertiary alicyclic amines) is 1. The summed E-state index contributed by atoms with van der Waals surface area (Å²) in [5.74, 6) is -0.689. The van der Waals surface area contributed by atoms with Crippen LogP contribution in [0.5, 0.6) is 0 Å². The molecule has 0 aromatic carbocycles. The maximum atomic E-state index is 11.5. The first-order valence-electron chi connectivity index (χ1n) is 6.05. The molecule has 4 heteroatoms. The summed E-state index contributed by atoms with van der Waals surface area (Å²) in [5, 5.41) is 11.5. The molecule has 1 N–H and O–H groups in total. The van der Waals surface area contributed by atoms with Crippen molar-refractivity contribution in [3.63, 3.8) is 0 Å². The highest BCUT2D eigenvalue weighted by Crippen LogP contribution is 2.31. The highest BCUT2D eigenvalue weighted by Gasteiger charge is 2.41. The average molecular weight is 253 g/mol. The number of rotatable bonds is 3. The lowest BCUT2D eigenvalue weighted by Crippen LogP contribution is -2.54. The summed E-state index contributed by atoms with van der Waals surface area (Å²) in [5.41, 5.74) is 0.586. The second-order valence-corrected chi connectivity index (χ2v) is 5.99. The summed E-state index contributed by atoms with van der Waals surface area (Å²) in [6.07, 6.45) is 2.88. The van der Waals surface area contributed by atoms with Gasteiger partial charge in [-0.15, -0.1) is 11.3 Å². The Hall–Kier alpha value is -0.870. The van der Waals surface area contributed by atoms with Crippen molar-refractivity contribution in [2.45, 2.75) is 45.2 Å². The Morgan fingerprint density at radius 2 is 2.35 bits per heavy atom. The van der Waals surface area contributed by atoms with Crippen molar-refractivity contribution in [3.8, 4) is 0 Å². The Labute approximate surface area is 106 Å². The van der Waals surface area contributed by atoms with E-state index in [1.54, 1.807) is 11.3 Å². The molecule has 0 bridgehead atoms. The van der Waals surface area contributed by atoms with Gasteiger partial charge in [-0.3, -0.25) is 9.69 Å². The van der Waals surface area contributed by atoms with E-state index in [4.69, 9.17) is 0 Å². The van der Waals surface area contributed by atoms with Gasteiger partial charge < -0.3 is 5.11 Å². The molecule has 1 aliphatic rings. The van der Waals surface area contributed by atoms with Crippen LogP contribution >= 0.6 is 11.3 Å². The molecule has 1 aliphatic heterocycles. The van der Waals surface area contributed by atoms with Crippen molar-refractivity contribution in [2.75, 3.05) is 6.54 Å². The minimum atomic E-state index is -0.689. The molecule has 17 heavy (non-hydrogen) atoms. The number of thiophene rings is 1. The molecular formula is C13H19NO2S. The first-order valence-corrected chi connectivity index (χ1v) is 6.93. The summed E-state index contributed by atoms with van der Waals surface area (Å²) in [6, 6.07) is 2.10. The highest BCUT2D eigenvalue weighted by atomic mass is 32.1. The molecule has 1 saturated heterocycles. The van der Waals surface area contributed by atoms with Gasteiger partial charge in [0.15, 0.2) is 0 Å². The smallest absolute Gasteiger partial charge is 0.323 e. The van der Waals surface area contributed by atoms with Gasteiger partial charge >= 0.3 is 5.97 Å². The van der Waals surface area contributed by atoms with E-state index in [9.17, 15) is 9.90 Å². The van der Waals surface area contributed by atoms with Gasteiger partial charge in [0.05, 0.1) is 0 Å². The molecule has 1 unspecified atom stereocenters. The van der Waals surface area contributed by atoms with E-state index >= 15 is 0 Å². The molecule has 1 fully saturated rings. The van der Waals surface area contributed by atoms with Crippen molar-refractivity contribution in [1.82, 2.24) is 4.90 Å². The SMILES string of the molecule is Cc1ccsc1CN1CCCCC1(C)C(=O)O. The van der Waals surface area contributed by atoms with Crippen LogP contribution in [0, 0.1) is 6.92 Å². The van der Waals surface area contributed by atoms with Gasteiger partial charge in [0.1, 0.15) is 5.54 Å². The highest BCUT2D eigenvalue weighted by molar-refractivity contribution is 7.10. The lowest BCUT2D eigenvalue weighted by Gasteiger charge is -2.41. The molecule has 2 heterocycles. The molecule has 1 atom stereocenters. The van der Waals surface area contributed by atoms with Crippen molar-refractivity contribution in [3.05, 3.63) is 21.9 Å². The largest absolute Gasteiger partial charge is 0.480 e. The van der Waals surface area contributed by atoms with Crippen LogP contribution in [0.3, 0.4) is 0 Å². The van der Waals surface area contributed by atoms with E-state index in [1.807, 2.05) is 6.92 Å². The monoisotopic (exact) mass is 253 g/mol. The van der Waals surface area contributed by atoms with E-state index in [2.05, 4.69) is 23.3 Å². The van der Waals surface area contributed by atoms with Gasteiger partial charge in [0.2, 0.25) is 0 Å². The zero-order valence-corrected chi connectivity index (χ0v) is 11.2. The maximum Gasteiger partial charge on any atom is 0.323 e. The number of carboxylic acid groups (broad SMARTS) is 1. The number of carbonyl (C=O) groups is 1. The Morgan fingerprint density at radius 3 is 2.94 bits per heavy atom. The van der Waals surface area contributed by atoms with Gasteiger partial charge in [-0.2, -0.15) is 0 Å². The minimum absolute atomic E-state index is 0.686. The van der Waals surface area contributed by atoms with Gasteiger partial charge in [0.25, 0.3) is 0 Å². The molecule has 0 aliphatic carbocycles. The van der Waals surface area contributed by atoms with Crippen LogP contribution in [0.15, 0.2) is 11.4 Å². The van der Waals surface area contributed by atoms with Crippen LogP contribution in [-0.2, 0) is 11.3 Å². The second-order valence-electron chi connectivity index (χ2n) is 4.98. The van der Waals surface area contributed by atoms with Crippen LogP contribution in [-0.4, -0.2) is 28.1 Å². The molecule has 3 nitrogen and oxygen atoms in total. The fraction of sp³-hybridized carbons (Fsp3) is 0.615. The van der Waals surface area contributed by atoms with Crippen molar-refractivity contribution in [1.29, 1.82) is 0 Å². The molecule has 94 valence electrons. The second kappa shape index (κ2) is 4.78. The molecule has 0 amide bonds. The summed E-state index contributed by atoms with van der Waals surface area (Å²) in [7, 11) is 0. The summed E-state index contributed by atoms with van der Waals surface area (Å²) < 4.78 is 0. The topological polar surface area (TPSA) is 40.5 Å². The van der Waals surface area contributed by atoms with E-state index in [0.717, 1.165) is 32.4 Å². The Morgan fingerprint density at radius 1 is 1.59 bits per heavy atom. The Balaban J connectivity index is 2.18. The Bertz CT molecular complexity index is 415. The fourth-order valence-corrected chi connectivity index (χ4v) is 3.33. The fourth-order valence-electron chi connectivity index (χ4n) is 2.41. The average Bonchev–Trinajstić information content (AvgIpc) is 2.68. The standard InChI is InChI=1S/C13H19NO2S/c1-10-5-8-17-11(10)9-14-7-4-3-6-13(14,2)12(15)16/h5,8H,3-4,6-7,9H2,1-2H3,(H,15,16). The maximum absolute atomic E-state index is 11.5. The number of hydrogen-bond donors (Lipinski definition) is 1. The first kappa shape index (κ1) is 12.6. The van der Waals surface area contributed by atoms with Gasteiger partial charge in [0, 0.05) is 11.4 Å². The normalized spacial score (nSPS) is 26.0. The molecule has 0 saturated carbocycles. The predicted molar refractivity (Wildman–Crippen MR) is 69.4 cm³/mol. The lowest BCUT2D eigenvalue weighted by atomic mass is 9.88. The number of carboxylic acids is 1. The summed E-state index contributed by atoms with van der Waals surface area (Å²) >= 11 is 1.72. The number of piperidine rings is 1. The van der Waals surface area contributed by atoms with Crippen LogP contribution in [0.4, 0.5) is 0 Å². The number of hydrogen-bond acceptors (Lipinski definition) is 3. The van der Waals surface area contributed by atoms with Crippen molar-refractivity contribution >= 4 is 17.3 Å². The predicted octanol–water partition coefficient (Wildman–Crippen LogP) is 2.89. The first-order chi connectivity index (χ1) is 8.04. The zero-order valence-electron chi connectivity index (χ0n) is 10.4. The molecule has 1 aromatic rings. The minimum Gasteiger partial charge on any atom is -0.480 e. The van der Waals surface area contributed by atoms with Gasteiger partial charge in [-0.1, -0.05) is 0 Å². The number of nitrogens with zero attached hydrogens (tertiary/aromatic N) is 1. The third-order valence-electron chi connectivity index (χ3n) is 3.80. The quantitative estimate of drug-likeness (QED) is 0.900. The Kier molecular flexibility index (Phi) is 3.54. The van der Waals surface area contributed by atoms with Gasteiger partial charge in [-0.25, -0.2) is 0 Å². The van der Waals surface area contributed by atoms with Crippen LogP contribution in [0.25, 0.3) is 0 Å². The van der Waals surface area contributed by atoms with Crippen molar-refractivity contribution < 1.29 is 9.90 Å². The number of aliphatic carboxylic acids is 1. The van der Waals surface area contributed by atoms with E-state index in [-0.39, 0.29) is 0 Å². The molecular weight excluding hydrogens is 234 g/mol. The van der Waals surface area contributed by atoms with Crippen molar-refractivity contribution in [2.24, 2.45) is 0 Å². The third-order valence-corrected chi connectivity index (χ3v) is 4.81. The van der Waals surface area contributed by atoms with E-state index < -0.39 is 11.5 Å². The van der Waals surface area contributed by atoms with Crippen LogP contribution in [0.2, 0.25) is 0 Å². The summed E-state index contributed by atoms with van der Waals surface area (Å²) in [4.78, 5) is 14.9. The van der Waals surface area contributed by atoms with Gasteiger partial charge in [-0.05, 0) is 56.7 Å². The third kappa shape index (κ3) is 2.38.